The van der Waals surface area contributed by atoms with Gasteiger partial charge in [0.05, 0.1) is 6.61 Å². The Labute approximate surface area is 126 Å². The molecule has 0 fully saturated rings. The zero-order valence-corrected chi connectivity index (χ0v) is 14.1. The fourth-order valence-corrected chi connectivity index (χ4v) is 2.34. The van der Waals surface area contributed by atoms with Crippen LogP contribution in [0.3, 0.4) is 0 Å². The van der Waals surface area contributed by atoms with E-state index in [1.165, 1.54) is 24.8 Å². The highest BCUT2D eigenvalue weighted by Gasteiger charge is 2.17. The molecular weight excluding hydrogens is 300 g/mol. The average molecular weight is 327 g/mol. The van der Waals surface area contributed by atoms with Crippen LogP contribution in [0.2, 0.25) is 0 Å². The van der Waals surface area contributed by atoms with Gasteiger partial charge in [0.1, 0.15) is 5.75 Å². The summed E-state index contributed by atoms with van der Waals surface area (Å²) in [6, 6.07) is 8.60. The van der Waals surface area contributed by atoms with E-state index in [1.54, 1.807) is 0 Å². The smallest absolute Gasteiger partial charge is 0.119 e. The lowest BCUT2D eigenvalue weighted by Crippen LogP contribution is -2.15. The molecule has 0 heterocycles. The minimum atomic E-state index is 0.258. The molecule has 0 aliphatic rings. The van der Waals surface area contributed by atoms with Gasteiger partial charge in [-0.2, -0.15) is 0 Å². The summed E-state index contributed by atoms with van der Waals surface area (Å²) < 4.78 is 5.78. The van der Waals surface area contributed by atoms with E-state index in [4.69, 9.17) is 4.74 Å². The van der Waals surface area contributed by atoms with Gasteiger partial charge in [0.15, 0.2) is 0 Å². The number of benzene rings is 1. The second-order valence-electron chi connectivity index (χ2n) is 5.71. The molecule has 0 aliphatic heterocycles. The van der Waals surface area contributed by atoms with E-state index >= 15 is 0 Å². The van der Waals surface area contributed by atoms with Crippen molar-refractivity contribution < 1.29 is 4.74 Å². The lowest BCUT2D eigenvalue weighted by molar-refractivity contribution is 0.305. The van der Waals surface area contributed by atoms with Crippen molar-refractivity contribution in [2.45, 2.75) is 58.3 Å². The molecule has 0 radical (unpaired) electrons. The third-order valence-electron chi connectivity index (χ3n) is 3.82. The van der Waals surface area contributed by atoms with Crippen molar-refractivity contribution in [2.24, 2.45) is 0 Å². The van der Waals surface area contributed by atoms with Crippen LogP contribution in [0.5, 0.6) is 5.75 Å². The van der Waals surface area contributed by atoms with Crippen LogP contribution in [0.1, 0.15) is 58.4 Å². The minimum absolute atomic E-state index is 0.258. The van der Waals surface area contributed by atoms with Crippen molar-refractivity contribution in [3.63, 3.8) is 0 Å². The third-order valence-corrected chi connectivity index (χ3v) is 4.38. The Kier molecular flexibility index (Phi) is 7.52. The maximum Gasteiger partial charge on any atom is 0.119 e. The third kappa shape index (κ3) is 5.99. The summed E-state index contributed by atoms with van der Waals surface area (Å²) in [5.74, 6) is 0.996. The quantitative estimate of drug-likeness (QED) is 0.417. The molecule has 108 valence electrons. The predicted molar refractivity (Wildman–Crippen MR) is 87.5 cm³/mol. The SMILES string of the molecule is CCC(C)(C)c1ccc(OCCCCCCBr)cc1. The molecule has 0 N–H and O–H groups in total. The van der Waals surface area contributed by atoms with Gasteiger partial charge in [-0.05, 0) is 42.4 Å². The van der Waals surface area contributed by atoms with E-state index in [0.29, 0.717) is 0 Å². The first-order valence-electron chi connectivity index (χ1n) is 7.39. The molecule has 0 saturated heterocycles. The van der Waals surface area contributed by atoms with Crippen LogP contribution in [0, 0.1) is 0 Å². The summed E-state index contributed by atoms with van der Waals surface area (Å²) in [5, 5.41) is 1.11. The molecule has 0 aromatic heterocycles. The topological polar surface area (TPSA) is 9.23 Å². The highest BCUT2D eigenvalue weighted by atomic mass is 79.9. The van der Waals surface area contributed by atoms with Gasteiger partial charge in [-0.1, -0.05) is 61.7 Å². The fraction of sp³-hybridized carbons (Fsp3) is 0.647. The zero-order valence-electron chi connectivity index (χ0n) is 12.5. The van der Waals surface area contributed by atoms with Crippen molar-refractivity contribution in [3.8, 4) is 5.75 Å². The molecule has 0 amide bonds. The summed E-state index contributed by atoms with van der Waals surface area (Å²) in [6.45, 7) is 7.63. The van der Waals surface area contributed by atoms with E-state index in [2.05, 4.69) is 61.0 Å². The molecule has 1 aromatic carbocycles. The van der Waals surface area contributed by atoms with Crippen molar-refractivity contribution >= 4 is 15.9 Å². The molecule has 1 nitrogen and oxygen atoms in total. The van der Waals surface area contributed by atoms with Gasteiger partial charge >= 0.3 is 0 Å². The molecule has 1 aromatic rings. The predicted octanol–water partition coefficient (Wildman–Crippen LogP) is 5.71. The second kappa shape index (κ2) is 8.63. The van der Waals surface area contributed by atoms with Gasteiger partial charge in [-0.15, -0.1) is 0 Å². The molecule has 2 heteroatoms. The number of alkyl halides is 1. The number of unbranched alkanes of at least 4 members (excludes halogenated alkanes) is 3. The first-order chi connectivity index (χ1) is 9.10. The Hall–Kier alpha value is -0.500. The highest BCUT2D eigenvalue weighted by molar-refractivity contribution is 9.09. The lowest BCUT2D eigenvalue weighted by Gasteiger charge is -2.23. The van der Waals surface area contributed by atoms with Crippen LogP contribution in [-0.4, -0.2) is 11.9 Å². The van der Waals surface area contributed by atoms with Gasteiger partial charge in [0.2, 0.25) is 0 Å². The Morgan fingerprint density at radius 1 is 1.00 bits per heavy atom. The van der Waals surface area contributed by atoms with Crippen LogP contribution < -0.4 is 4.74 Å². The zero-order chi connectivity index (χ0) is 14.1. The van der Waals surface area contributed by atoms with Crippen molar-refractivity contribution in [1.29, 1.82) is 0 Å². The maximum absolute atomic E-state index is 5.78. The molecule has 0 atom stereocenters. The van der Waals surface area contributed by atoms with Crippen LogP contribution in [-0.2, 0) is 5.41 Å². The average Bonchev–Trinajstić information content (AvgIpc) is 2.43. The monoisotopic (exact) mass is 326 g/mol. The summed E-state index contributed by atoms with van der Waals surface area (Å²) in [7, 11) is 0. The number of rotatable bonds is 9. The number of hydrogen-bond acceptors (Lipinski definition) is 1. The minimum Gasteiger partial charge on any atom is -0.494 e. The summed E-state index contributed by atoms with van der Waals surface area (Å²) in [4.78, 5) is 0. The van der Waals surface area contributed by atoms with Crippen LogP contribution >= 0.6 is 15.9 Å². The maximum atomic E-state index is 5.78. The Bertz CT molecular complexity index is 343. The number of halogens is 1. The fourth-order valence-electron chi connectivity index (χ4n) is 1.95. The van der Waals surface area contributed by atoms with Crippen LogP contribution in [0.25, 0.3) is 0 Å². The van der Waals surface area contributed by atoms with Gasteiger partial charge in [0.25, 0.3) is 0 Å². The van der Waals surface area contributed by atoms with Crippen LogP contribution in [0.15, 0.2) is 24.3 Å². The summed E-state index contributed by atoms with van der Waals surface area (Å²) in [6.07, 6.45) is 6.11. The van der Waals surface area contributed by atoms with Gasteiger partial charge < -0.3 is 4.74 Å². The van der Waals surface area contributed by atoms with Crippen LogP contribution in [0.4, 0.5) is 0 Å². The lowest BCUT2D eigenvalue weighted by atomic mass is 9.82. The number of ether oxygens (including phenoxy) is 1. The summed E-state index contributed by atoms with van der Waals surface area (Å²) in [5.41, 5.74) is 1.65. The highest BCUT2D eigenvalue weighted by Crippen LogP contribution is 2.28. The Morgan fingerprint density at radius 3 is 2.21 bits per heavy atom. The van der Waals surface area contributed by atoms with E-state index in [0.717, 1.165) is 30.5 Å². The Morgan fingerprint density at radius 2 is 1.63 bits per heavy atom. The molecule has 0 unspecified atom stereocenters. The van der Waals surface area contributed by atoms with Crippen molar-refractivity contribution in [3.05, 3.63) is 29.8 Å². The second-order valence-corrected chi connectivity index (χ2v) is 6.51. The molecule has 0 aliphatic carbocycles. The summed E-state index contributed by atoms with van der Waals surface area (Å²) >= 11 is 3.45. The molecule has 1 rings (SSSR count). The first-order valence-corrected chi connectivity index (χ1v) is 8.51. The number of hydrogen-bond donors (Lipinski definition) is 0. The standard InChI is InChI=1S/C17H27BrO/c1-4-17(2,3)15-9-11-16(12-10-15)19-14-8-6-5-7-13-18/h9-12H,4-8,13-14H2,1-3H3. The molecular formula is C17H27BrO. The van der Waals surface area contributed by atoms with E-state index in [9.17, 15) is 0 Å². The normalized spacial score (nSPS) is 11.6. The van der Waals surface area contributed by atoms with Gasteiger partial charge in [-0.3, -0.25) is 0 Å². The molecule has 0 bridgehead atoms. The first kappa shape index (κ1) is 16.6. The van der Waals surface area contributed by atoms with Gasteiger partial charge in [0, 0.05) is 5.33 Å². The van der Waals surface area contributed by atoms with E-state index in [1.807, 2.05) is 0 Å². The Balaban J connectivity index is 2.32. The molecule has 0 saturated carbocycles. The van der Waals surface area contributed by atoms with E-state index in [-0.39, 0.29) is 5.41 Å². The molecule has 0 spiro atoms. The molecule has 19 heavy (non-hydrogen) atoms. The van der Waals surface area contributed by atoms with Gasteiger partial charge in [-0.25, -0.2) is 0 Å². The van der Waals surface area contributed by atoms with E-state index < -0.39 is 0 Å². The largest absolute Gasteiger partial charge is 0.494 e. The van der Waals surface area contributed by atoms with Crippen molar-refractivity contribution in [1.82, 2.24) is 0 Å². The van der Waals surface area contributed by atoms with Crippen molar-refractivity contribution in [2.75, 3.05) is 11.9 Å².